The molecule has 2 aromatic rings. The van der Waals surface area contributed by atoms with E-state index in [1.54, 1.807) is 13.8 Å². The molecule has 4 atom stereocenters. The lowest BCUT2D eigenvalue weighted by atomic mass is 9.93. The first-order valence-corrected chi connectivity index (χ1v) is 12.3. The lowest BCUT2D eigenvalue weighted by Crippen LogP contribution is -2.80. The molecule has 15 heteroatoms. The molecule has 0 radical (unpaired) electrons. The number of aromatic nitrogens is 1. The number of fused-ring (bicyclic) bond motifs is 2. The summed E-state index contributed by atoms with van der Waals surface area (Å²) in [6, 6.07) is 1.72. The van der Waals surface area contributed by atoms with Crippen molar-refractivity contribution in [1.29, 1.82) is 0 Å². The van der Waals surface area contributed by atoms with Crippen LogP contribution in [0.25, 0.3) is 10.9 Å². The summed E-state index contributed by atoms with van der Waals surface area (Å²) >= 11 is 1.11. The number of benzene rings is 1. The van der Waals surface area contributed by atoms with E-state index < -0.39 is 67.7 Å². The van der Waals surface area contributed by atoms with Gasteiger partial charge >= 0.3 is 11.9 Å². The number of carbonyl (C=O) groups excluding carboxylic acids is 3. The molecule has 2 aliphatic rings. The van der Waals surface area contributed by atoms with Gasteiger partial charge in [-0.05, 0) is 26.8 Å². The number of ether oxygens (including phenoxy) is 2. The van der Waals surface area contributed by atoms with Crippen LogP contribution in [0, 0.1) is 10.1 Å². The van der Waals surface area contributed by atoms with Crippen LogP contribution in [0.5, 0.6) is 0 Å². The lowest BCUT2D eigenvalue weighted by molar-refractivity contribution is -0.383. The molecule has 1 aromatic heterocycles. The fourth-order valence-electron chi connectivity index (χ4n) is 4.89. The van der Waals surface area contributed by atoms with Crippen molar-refractivity contribution < 1.29 is 38.7 Å². The number of methoxy groups -OCH3 is 1. The molecule has 0 bridgehead atoms. The third kappa shape index (κ3) is 3.89. The molecule has 0 aliphatic carbocycles. The Labute approximate surface area is 219 Å². The van der Waals surface area contributed by atoms with E-state index in [-0.39, 0.29) is 17.5 Å². The third-order valence-corrected chi connectivity index (χ3v) is 8.15. The van der Waals surface area contributed by atoms with Gasteiger partial charge in [-0.25, -0.2) is 9.59 Å². The lowest BCUT2D eigenvalue weighted by Gasteiger charge is -2.51. The summed E-state index contributed by atoms with van der Waals surface area (Å²) in [4.78, 5) is 76.2. The minimum atomic E-state index is -1.99. The van der Waals surface area contributed by atoms with Crippen LogP contribution >= 0.6 is 11.8 Å². The molecule has 2 fully saturated rings. The van der Waals surface area contributed by atoms with Gasteiger partial charge in [0.1, 0.15) is 16.8 Å². The Hall–Kier alpha value is -3.98. The number of rotatable bonds is 8. The summed E-state index contributed by atoms with van der Waals surface area (Å²) < 4.78 is 10.6. The summed E-state index contributed by atoms with van der Waals surface area (Å²) in [5.74, 6) is -4.15. The van der Waals surface area contributed by atoms with Crippen LogP contribution in [0.3, 0.4) is 0 Å². The minimum Gasteiger partial charge on any atom is -0.480 e. The van der Waals surface area contributed by atoms with E-state index in [1.807, 2.05) is 0 Å². The predicted octanol–water partition coefficient (Wildman–Crippen LogP) is 0.620. The Morgan fingerprint density at radius 1 is 1.26 bits per heavy atom. The maximum absolute atomic E-state index is 13.7. The number of aliphatic carboxylic acids is 1. The summed E-state index contributed by atoms with van der Waals surface area (Å²) in [6.07, 6.45) is 1.12. The number of nitro benzene ring substituents is 1. The second kappa shape index (κ2) is 9.40. The highest BCUT2D eigenvalue weighted by Crippen LogP contribution is 2.55. The van der Waals surface area contributed by atoms with Crippen molar-refractivity contribution in [1.82, 2.24) is 14.8 Å². The van der Waals surface area contributed by atoms with Crippen molar-refractivity contribution in [2.45, 2.75) is 48.7 Å². The number of carboxylic acid groups (broad SMARTS) is 1. The van der Waals surface area contributed by atoms with Gasteiger partial charge in [0.15, 0.2) is 5.43 Å². The Bertz CT molecular complexity index is 1440. The fourth-order valence-corrected chi connectivity index (χ4v) is 6.56. The van der Waals surface area contributed by atoms with Gasteiger partial charge in [0.25, 0.3) is 23.2 Å². The quantitative estimate of drug-likeness (QED) is 0.118. The number of nitrogens with one attached hydrogen (secondary N) is 1. The van der Waals surface area contributed by atoms with Crippen LogP contribution < -0.4 is 10.7 Å². The van der Waals surface area contributed by atoms with E-state index in [1.165, 1.54) is 19.1 Å². The average molecular weight is 549 g/mol. The Morgan fingerprint density at radius 2 is 1.95 bits per heavy atom. The maximum atomic E-state index is 13.7. The molecular weight excluding hydrogens is 524 g/mol. The number of nitrogens with zero attached hydrogens (tertiary/aromatic N) is 3. The molecule has 202 valence electrons. The molecule has 2 N–H and O–H groups in total. The Balaban J connectivity index is 1.79. The first-order chi connectivity index (χ1) is 17.8. The maximum Gasteiger partial charge on any atom is 0.339 e. The highest BCUT2D eigenvalue weighted by Gasteiger charge is 2.73. The number of β-lactam (4-membered cyclic amide) rings is 1. The van der Waals surface area contributed by atoms with Gasteiger partial charge < -0.3 is 29.4 Å². The predicted molar refractivity (Wildman–Crippen MR) is 132 cm³/mol. The van der Waals surface area contributed by atoms with Gasteiger partial charge in [0.2, 0.25) is 6.04 Å². The second-order valence-electron chi connectivity index (χ2n) is 9.13. The zero-order chi connectivity index (χ0) is 28.2. The van der Waals surface area contributed by atoms with Gasteiger partial charge in [0.05, 0.1) is 17.0 Å². The van der Waals surface area contributed by atoms with E-state index in [9.17, 15) is 39.2 Å². The van der Waals surface area contributed by atoms with Gasteiger partial charge in [0, 0.05) is 30.2 Å². The van der Waals surface area contributed by atoms with Crippen molar-refractivity contribution >= 4 is 52.1 Å². The van der Waals surface area contributed by atoms with Crippen LogP contribution in [-0.2, 0) is 28.7 Å². The molecule has 1 aromatic carbocycles. The normalized spacial score (nSPS) is 24.3. The Kier molecular flexibility index (Phi) is 6.69. The van der Waals surface area contributed by atoms with Crippen LogP contribution in [0.4, 0.5) is 5.69 Å². The van der Waals surface area contributed by atoms with Crippen molar-refractivity contribution in [2.75, 3.05) is 13.7 Å². The molecule has 3 heterocycles. The molecule has 2 saturated heterocycles. The molecule has 14 nitrogen and oxygen atoms in total. The summed E-state index contributed by atoms with van der Waals surface area (Å²) in [5.41, 5.74) is -3.30. The van der Waals surface area contributed by atoms with Gasteiger partial charge in [-0.3, -0.25) is 24.5 Å². The van der Waals surface area contributed by atoms with Crippen molar-refractivity contribution in [3.63, 3.8) is 0 Å². The first-order valence-electron chi connectivity index (χ1n) is 11.4. The van der Waals surface area contributed by atoms with Gasteiger partial charge in [-0.2, -0.15) is 0 Å². The number of pyridine rings is 1. The molecule has 2 amide bonds. The third-order valence-electron chi connectivity index (χ3n) is 6.53. The molecule has 0 spiro atoms. The van der Waals surface area contributed by atoms with E-state index in [0.29, 0.717) is 0 Å². The minimum absolute atomic E-state index is 0.0877. The summed E-state index contributed by atoms with van der Waals surface area (Å²) in [5, 5.41) is 22.4. The van der Waals surface area contributed by atoms with E-state index in [4.69, 9.17) is 9.47 Å². The molecule has 1 unspecified atom stereocenters. The topological polar surface area (TPSA) is 187 Å². The number of carbonyl (C=O) groups is 4. The smallest absolute Gasteiger partial charge is 0.339 e. The Morgan fingerprint density at radius 3 is 2.53 bits per heavy atom. The van der Waals surface area contributed by atoms with E-state index >= 15 is 0 Å². The highest BCUT2D eigenvalue weighted by molar-refractivity contribution is 8.01. The van der Waals surface area contributed by atoms with Crippen LogP contribution in [0.15, 0.2) is 35.3 Å². The molecule has 0 saturated carbocycles. The highest BCUT2D eigenvalue weighted by atomic mass is 32.2. The zero-order valence-corrected chi connectivity index (χ0v) is 21.5. The standard InChI is InChI=1S/C23H24N4O10S/c1-5-37-19(32)15(25-10-9-13(28)14-11(25)7-6-8-12(14)27(34)35)17(29)24-23(36-4)20(33)26-16(18(30)31)22(2,3)38-21(23)26/h6-10,15-16,21H,5H2,1-4H3,(H,24,29)(H,30,31)/t15?,16-,21+,23-/m0/s1. The number of hydrogen-bond donors (Lipinski definition) is 2. The first kappa shape index (κ1) is 27.1. The van der Waals surface area contributed by atoms with Gasteiger partial charge in [-0.15, -0.1) is 11.8 Å². The molecular formula is C23H24N4O10S. The monoisotopic (exact) mass is 548 g/mol. The van der Waals surface area contributed by atoms with Crippen LogP contribution in [-0.4, -0.2) is 78.9 Å². The number of carboxylic acids is 1. The van der Waals surface area contributed by atoms with Crippen molar-refractivity contribution in [3.05, 3.63) is 50.8 Å². The summed E-state index contributed by atoms with van der Waals surface area (Å²) in [6.45, 7) is 4.68. The van der Waals surface area contributed by atoms with E-state index in [0.717, 1.165) is 46.7 Å². The average Bonchev–Trinajstić information content (AvgIpc) is 3.12. The molecule has 38 heavy (non-hydrogen) atoms. The molecule has 4 rings (SSSR count). The van der Waals surface area contributed by atoms with Crippen molar-refractivity contribution in [3.8, 4) is 0 Å². The summed E-state index contributed by atoms with van der Waals surface area (Å²) in [7, 11) is 1.16. The SMILES string of the molecule is CCOC(=O)C(C(=O)N[C@]1(OC)C(=O)N2[C@@H](C(=O)O)C(C)(C)S[C@@H]21)n1ccc(=O)c2c([N+](=O)[O-])cccc21. The van der Waals surface area contributed by atoms with Crippen LogP contribution in [0.2, 0.25) is 0 Å². The number of esters is 1. The fraction of sp³-hybridized carbons (Fsp3) is 0.435. The second-order valence-corrected chi connectivity index (χ2v) is 10.9. The number of hydrogen-bond acceptors (Lipinski definition) is 10. The largest absolute Gasteiger partial charge is 0.480 e. The zero-order valence-electron chi connectivity index (χ0n) is 20.7. The number of nitro groups is 1. The number of amides is 2. The number of thioether (sulfide) groups is 1. The molecule has 2 aliphatic heterocycles. The van der Waals surface area contributed by atoms with Gasteiger partial charge in [-0.1, -0.05) is 6.07 Å². The number of non-ortho nitro benzene ring substituents is 1. The van der Waals surface area contributed by atoms with E-state index in [2.05, 4.69) is 5.32 Å². The van der Waals surface area contributed by atoms with Crippen molar-refractivity contribution in [2.24, 2.45) is 0 Å². The van der Waals surface area contributed by atoms with Crippen LogP contribution in [0.1, 0.15) is 26.8 Å².